The Morgan fingerprint density at radius 1 is 1.03 bits per heavy atom. The van der Waals surface area contributed by atoms with Crippen LogP contribution in [-0.2, 0) is 21.6 Å². The molecule has 1 saturated carbocycles. The van der Waals surface area contributed by atoms with E-state index in [-0.39, 0.29) is 24.4 Å². The lowest BCUT2D eigenvalue weighted by Gasteiger charge is -2.27. The summed E-state index contributed by atoms with van der Waals surface area (Å²) in [6, 6.07) is 24.2. The Morgan fingerprint density at radius 3 is 2.42 bits per heavy atom. The number of rotatable bonds is 5. The molecule has 1 aliphatic carbocycles. The molecule has 1 fully saturated rings. The van der Waals surface area contributed by atoms with Crippen LogP contribution in [0.2, 0.25) is 0 Å². The van der Waals surface area contributed by atoms with E-state index < -0.39 is 11.5 Å². The van der Waals surface area contributed by atoms with Gasteiger partial charge in [0.25, 0.3) is 5.91 Å². The summed E-state index contributed by atoms with van der Waals surface area (Å²) in [6.07, 6.45) is 1.97. The molecular formula is C28H23NO4. The molecule has 1 aliphatic heterocycles. The fourth-order valence-corrected chi connectivity index (χ4v) is 4.32. The minimum atomic E-state index is -1.90. The molecule has 1 atom stereocenters. The summed E-state index contributed by atoms with van der Waals surface area (Å²) in [7, 11) is 0. The normalized spacial score (nSPS) is 17.1. The van der Waals surface area contributed by atoms with Crippen molar-refractivity contribution < 1.29 is 19.4 Å². The highest BCUT2D eigenvalue weighted by Crippen LogP contribution is 2.53. The molecule has 0 spiro atoms. The molecule has 5 rings (SSSR count). The summed E-state index contributed by atoms with van der Waals surface area (Å²) in [4.78, 5) is 25.1. The third-order valence-electron chi connectivity index (χ3n) is 6.34. The van der Waals surface area contributed by atoms with Crippen LogP contribution in [0.3, 0.4) is 0 Å². The van der Waals surface area contributed by atoms with Crippen molar-refractivity contribution in [2.75, 3.05) is 5.32 Å². The largest absolute Gasteiger partial charge is 0.457 e. The number of benzene rings is 3. The average Bonchev–Trinajstić information content (AvgIpc) is 3.53. The van der Waals surface area contributed by atoms with Crippen LogP contribution in [0.5, 0.6) is 0 Å². The van der Waals surface area contributed by atoms with Crippen molar-refractivity contribution in [3.63, 3.8) is 0 Å². The van der Waals surface area contributed by atoms with Crippen molar-refractivity contribution in [3.05, 3.63) is 101 Å². The Balaban J connectivity index is 1.45. The lowest BCUT2D eigenvalue weighted by atomic mass is 9.82. The van der Waals surface area contributed by atoms with Crippen molar-refractivity contribution in [3.8, 4) is 11.8 Å². The third kappa shape index (κ3) is 4.26. The number of nitrogens with one attached hydrogen (secondary N) is 1. The zero-order valence-corrected chi connectivity index (χ0v) is 18.0. The van der Waals surface area contributed by atoms with Gasteiger partial charge in [-0.05, 0) is 54.2 Å². The van der Waals surface area contributed by atoms with E-state index in [1.165, 1.54) is 0 Å². The van der Waals surface area contributed by atoms with E-state index in [1.54, 1.807) is 18.2 Å². The second-order valence-corrected chi connectivity index (χ2v) is 8.70. The van der Waals surface area contributed by atoms with E-state index in [0.717, 1.165) is 24.0 Å². The van der Waals surface area contributed by atoms with Crippen molar-refractivity contribution in [2.45, 2.75) is 36.9 Å². The maximum absolute atomic E-state index is 13.4. The monoisotopic (exact) mass is 437 g/mol. The number of ether oxygens (including phenoxy) is 1. The second-order valence-electron chi connectivity index (χ2n) is 8.70. The van der Waals surface area contributed by atoms with Crippen LogP contribution in [-0.4, -0.2) is 22.6 Å². The fraction of sp³-hybridized carbons (Fsp3) is 0.214. The van der Waals surface area contributed by atoms with Gasteiger partial charge >= 0.3 is 5.97 Å². The molecule has 1 unspecified atom stereocenters. The molecular weight excluding hydrogens is 414 g/mol. The first-order valence-electron chi connectivity index (χ1n) is 11.0. The molecule has 3 aromatic carbocycles. The highest BCUT2D eigenvalue weighted by molar-refractivity contribution is 6.01. The molecule has 164 valence electrons. The molecule has 0 bridgehead atoms. The molecule has 0 aromatic heterocycles. The van der Waals surface area contributed by atoms with Gasteiger partial charge in [-0.3, -0.25) is 4.79 Å². The van der Waals surface area contributed by atoms with Gasteiger partial charge in [-0.1, -0.05) is 60.4 Å². The van der Waals surface area contributed by atoms with Gasteiger partial charge in [-0.15, -0.1) is 0 Å². The quantitative estimate of drug-likeness (QED) is 0.463. The van der Waals surface area contributed by atoms with E-state index in [1.807, 2.05) is 60.7 Å². The first kappa shape index (κ1) is 21.0. The highest BCUT2D eigenvalue weighted by atomic mass is 16.5. The summed E-state index contributed by atoms with van der Waals surface area (Å²) in [5.74, 6) is 4.89. The van der Waals surface area contributed by atoms with Crippen LogP contribution in [0.25, 0.3) is 0 Å². The first-order chi connectivity index (χ1) is 16.0. The van der Waals surface area contributed by atoms with Gasteiger partial charge in [0.05, 0.1) is 5.56 Å². The summed E-state index contributed by atoms with van der Waals surface area (Å²) < 4.78 is 5.04. The van der Waals surface area contributed by atoms with Crippen LogP contribution in [0.15, 0.2) is 78.9 Å². The van der Waals surface area contributed by atoms with E-state index in [4.69, 9.17) is 4.74 Å². The van der Waals surface area contributed by atoms with E-state index in [9.17, 15) is 14.7 Å². The number of anilines is 1. The summed E-state index contributed by atoms with van der Waals surface area (Å²) in [5, 5.41) is 14.4. The number of aliphatic hydroxyl groups is 1. The van der Waals surface area contributed by atoms with Crippen molar-refractivity contribution in [1.29, 1.82) is 0 Å². The molecule has 2 aliphatic rings. The lowest BCUT2D eigenvalue weighted by molar-refractivity contribution is -0.129. The molecule has 0 radical (unpaired) electrons. The van der Waals surface area contributed by atoms with Gasteiger partial charge in [0, 0.05) is 23.2 Å². The summed E-state index contributed by atoms with van der Waals surface area (Å²) in [6.45, 7) is 0.174. The van der Waals surface area contributed by atoms with Crippen LogP contribution < -0.4 is 5.32 Å². The maximum atomic E-state index is 13.4. The number of fused-ring (bicyclic) bond motifs is 1. The zero-order chi connectivity index (χ0) is 22.9. The average molecular weight is 437 g/mol. The lowest BCUT2D eigenvalue weighted by Crippen LogP contribution is -2.44. The summed E-state index contributed by atoms with van der Waals surface area (Å²) >= 11 is 0. The van der Waals surface area contributed by atoms with Crippen molar-refractivity contribution in [1.82, 2.24) is 0 Å². The SMILES string of the molecule is O=C1OCc2cc(NC(=O)C(O)(C#Cc3ccccc3)CC3(c4ccccc4)CC3)ccc21. The van der Waals surface area contributed by atoms with Gasteiger partial charge in [0.1, 0.15) is 6.61 Å². The Bertz CT molecular complexity index is 1270. The predicted molar refractivity (Wildman–Crippen MR) is 124 cm³/mol. The van der Waals surface area contributed by atoms with Crippen LogP contribution >= 0.6 is 0 Å². The number of cyclic esters (lactones) is 1. The van der Waals surface area contributed by atoms with Gasteiger partial charge in [0.15, 0.2) is 0 Å². The standard InChI is InChI=1S/C28H23NO4/c30-25-24-12-11-23(17-21(24)18-33-25)29-26(31)28(32,14-13-20-7-3-1-4-8-20)19-27(15-16-27)22-9-5-2-6-10-22/h1-12,17,32H,15-16,18-19H2,(H,29,31). The second kappa shape index (κ2) is 8.23. The van der Waals surface area contributed by atoms with Gasteiger partial charge in [-0.25, -0.2) is 4.79 Å². The summed E-state index contributed by atoms with van der Waals surface area (Å²) in [5.41, 5.74) is 1.34. The Kier molecular flexibility index (Phi) is 5.24. The number of hydrogen-bond donors (Lipinski definition) is 2. The van der Waals surface area contributed by atoms with Crippen molar-refractivity contribution in [2.24, 2.45) is 0 Å². The van der Waals surface area contributed by atoms with Crippen LogP contribution in [0.4, 0.5) is 5.69 Å². The molecule has 1 heterocycles. The smallest absolute Gasteiger partial charge is 0.338 e. The fourth-order valence-electron chi connectivity index (χ4n) is 4.32. The van der Waals surface area contributed by atoms with Gasteiger partial charge in [0.2, 0.25) is 5.60 Å². The molecule has 33 heavy (non-hydrogen) atoms. The van der Waals surface area contributed by atoms with Crippen LogP contribution in [0, 0.1) is 11.8 Å². The maximum Gasteiger partial charge on any atom is 0.338 e. The number of hydrogen-bond acceptors (Lipinski definition) is 4. The molecule has 1 amide bonds. The number of amides is 1. The molecule has 2 N–H and O–H groups in total. The zero-order valence-electron chi connectivity index (χ0n) is 18.0. The number of esters is 1. The minimum absolute atomic E-state index is 0.174. The third-order valence-corrected chi connectivity index (χ3v) is 6.34. The Hall–Kier alpha value is -3.88. The highest BCUT2D eigenvalue weighted by Gasteiger charge is 2.52. The Labute approximate surface area is 192 Å². The van der Waals surface area contributed by atoms with Crippen molar-refractivity contribution >= 4 is 17.6 Å². The molecule has 5 heteroatoms. The molecule has 5 nitrogen and oxygen atoms in total. The minimum Gasteiger partial charge on any atom is -0.457 e. The predicted octanol–water partition coefficient (Wildman–Crippen LogP) is 4.20. The van der Waals surface area contributed by atoms with Gasteiger partial charge in [-0.2, -0.15) is 0 Å². The first-order valence-corrected chi connectivity index (χ1v) is 11.0. The van der Waals surface area contributed by atoms with E-state index in [2.05, 4.69) is 17.2 Å². The van der Waals surface area contributed by atoms with E-state index in [0.29, 0.717) is 16.8 Å². The van der Waals surface area contributed by atoms with E-state index >= 15 is 0 Å². The Morgan fingerprint density at radius 2 is 1.73 bits per heavy atom. The number of carbonyl (C=O) groups excluding carboxylic acids is 2. The molecule has 0 saturated heterocycles. The topological polar surface area (TPSA) is 75.6 Å². The van der Waals surface area contributed by atoms with Crippen LogP contribution in [0.1, 0.15) is 46.3 Å². The van der Waals surface area contributed by atoms with Gasteiger partial charge < -0.3 is 15.2 Å². The number of carbonyl (C=O) groups is 2. The molecule has 3 aromatic rings.